The lowest BCUT2D eigenvalue weighted by Crippen LogP contribution is -2.53. The Bertz CT molecular complexity index is 764. The van der Waals surface area contributed by atoms with Crippen LogP contribution in [0, 0.1) is 12.7 Å². The molecule has 0 aliphatic carbocycles. The van der Waals surface area contributed by atoms with Crippen molar-refractivity contribution in [2.75, 3.05) is 11.9 Å². The van der Waals surface area contributed by atoms with Crippen LogP contribution in [0.4, 0.5) is 10.1 Å². The molecule has 2 amide bonds. The zero-order valence-electron chi connectivity index (χ0n) is 13.4. The molecule has 24 heavy (non-hydrogen) atoms. The van der Waals surface area contributed by atoms with Crippen LogP contribution in [0.25, 0.3) is 0 Å². The highest BCUT2D eigenvalue weighted by Gasteiger charge is 2.43. The first kappa shape index (κ1) is 16.2. The zero-order valence-corrected chi connectivity index (χ0v) is 13.4. The minimum atomic E-state index is -0.897. The highest BCUT2D eigenvalue weighted by molar-refractivity contribution is 6.01. The number of amides is 2. The second kappa shape index (κ2) is 6.43. The van der Waals surface area contributed by atoms with E-state index in [1.165, 1.54) is 6.07 Å². The van der Waals surface area contributed by atoms with Crippen molar-refractivity contribution in [3.05, 3.63) is 65.5 Å². The fraction of sp³-hybridized carbons (Fsp3) is 0.263. The van der Waals surface area contributed by atoms with Gasteiger partial charge < -0.3 is 10.6 Å². The number of halogens is 1. The number of nitrogens with one attached hydrogen (secondary N) is 2. The smallest absolute Gasteiger partial charge is 0.236 e. The van der Waals surface area contributed by atoms with Gasteiger partial charge in [-0.3, -0.25) is 9.59 Å². The van der Waals surface area contributed by atoms with E-state index in [0.29, 0.717) is 6.42 Å². The number of carbonyl (C=O) groups is 2. The minimum absolute atomic E-state index is 0.0731. The first-order chi connectivity index (χ1) is 11.5. The molecule has 1 atom stereocenters. The lowest BCUT2D eigenvalue weighted by Gasteiger charge is -2.36. The Morgan fingerprint density at radius 3 is 2.62 bits per heavy atom. The normalized spacial score (nSPS) is 20.3. The highest BCUT2D eigenvalue weighted by Crippen LogP contribution is 2.33. The number of hydrogen-bond acceptors (Lipinski definition) is 2. The predicted molar refractivity (Wildman–Crippen MR) is 90.1 cm³/mol. The van der Waals surface area contributed by atoms with E-state index < -0.39 is 11.2 Å². The van der Waals surface area contributed by atoms with Crippen LogP contribution in [0.1, 0.15) is 24.0 Å². The Kier molecular flexibility index (Phi) is 4.34. The van der Waals surface area contributed by atoms with E-state index in [4.69, 9.17) is 0 Å². The molecule has 1 aliphatic rings. The van der Waals surface area contributed by atoms with Crippen LogP contribution in [0.5, 0.6) is 0 Å². The van der Waals surface area contributed by atoms with Gasteiger partial charge in [0.2, 0.25) is 11.8 Å². The molecule has 2 aromatic carbocycles. The number of hydrogen-bond donors (Lipinski definition) is 2. The highest BCUT2D eigenvalue weighted by atomic mass is 19.1. The predicted octanol–water partition coefficient (Wildman–Crippen LogP) is 2.92. The van der Waals surface area contributed by atoms with Gasteiger partial charge in [0.1, 0.15) is 5.82 Å². The van der Waals surface area contributed by atoms with E-state index in [2.05, 4.69) is 10.6 Å². The van der Waals surface area contributed by atoms with Crippen LogP contribution in [0.2, 0.25) is 0 Å². The van der Waals surface area contributed by atoms with Gasteiger partial charge in [-0.15, -0.1) is 0 Å². The van der Waals surface area contributed by atoms with Crippen molar-refractivity contribution in [2.45, 2.75) is 25.2 Å². The third-order valence-corrected chi connectivity index (χ3v) is 4.50. The summed E-state index contributed by atoms with van der Waals surface area (Å²) in [5.74, 6) is -0.855. The van der Waals surface area contributed by atoms with Crippen LogP contribution >= 0.6 is 0 Å². The SMILES string of the molecule is Cc1ccc(F)c(NC(=O)C2(c3ccccc3)CCC(=O)NC2)c1. The van der Waals surface area contributed by atoms with E-state index in [9.17, 15) is 14.0 Å². The van der Waals surface area contributed by atoms with E-state index >= 15 is 0 Å². The molecular weight excluding hydrogens is 307 g/mol. The Labute approximate surface area is 140 Å². The fourth-order valence-electron chi connectivity index (χ4n) is 3.06. The Balaban J connectivity index is 1.95. The first-order valence-corrected chi connectivity index (χ1v) is 7.91. The van der Waals surface area contributed by atoms with Gasteiger partial charge in [0.05, 0.1) is 11.1 Å². The summed E-state index contributed by atoms with van der Waals surface area (Å²) in [5, 5.41) is 5.48. The number of anilines is 1. The molecule has 4 nitrogen and oxygen atoms in total. The first-order valence-electron chi connectivity index (χ1n) is 7.91. The minimum Gasteiger partial charge on any atom is -0.355 e. The van der Waals surface area contributed by atoms with Crippen LogP contribution in [-0.4, -0.2) is 18.4 Å². The zero-order chi connectivity index (χ0) is 17.2. The van der Waals surface area contributed by atoms with Crippen LogP contribution < -0.4 is 10.6 Å². The molecule has 124 valence electrons. The van der Waals surface area contributed by atoms with Gasteiger partial charge in [0, 0.05) is 13.0 Å². The van der Waals surface area contributed by atoms with Gasteiger partial charge in [0.25, 0.3) is 0 Å². The van der Waals surface area contributed by atoms with Gasteiger partial charge in [-0.2, -0.15) is 0 Å². The largest absolute Gasteiger partial charge is 0.355 e. The van der Waals surface area contributed by atoms with Crippen molar-refractivity contribution < 1.29 is 14.0 Å². The van der Waals surface area contributed by atoms with E-state index in [0.717, 1.165) is 11.1 Å². The molecule has 0 aromatic heterocycles. The monoisotopic (exact) mass is 326 g/mol. The molecule has 2 N–H and O–H groups in total. The maximum atomic E-state index is 14.0. The standard InChI is InChI=1S/C19H19FN2O2/c1-13-7-8-15(20)16(11-13)22-18(24)19(10-9-17(23)21-12-19)14-5-3-2-4-6-14/h2-8,11H,9-10,12H2,1H3,(H,21,23)(H,22,24). The number of rotatable bonds is 3. The maximum absolute atomic E-state index is 14.0. The molecule has 1 fully saturated rings. The molecule has 1 unspecified atom stereocenters. The summed E-state index contributed by atoms with van der Waals surface area (Å²) in [4.78, 5) is 24.6. The summed E-state index contributed by atoms with van der Waals surface area (Å²) in [6.45, 7) is 2.04. The summed E-state index contributed by atoms with van der Waals surface area (Å²) in [7, 11) is 0. The second-order valence-electron chi connectivity index (χ2n) is 6.16. The van der Waals surface area contributed by atoms with Crippen molar-refractivity contribution in [3.8, 4) is 0 Å². The molecule has 0 spiro atoms. The Morgan fingerprint density at radius 2 is 1.96 bits per heavy atom. The molecule has 0 bridgehead atoms. The summed E-state index contributed by atoms with van der Waals surface area (Å²) in [5.41, 5.74) is 0.936. The van der Waals surface area contributed by atoms with Gasteiger partial charge >= 0.3 is 0 Å². The summed E-state index contributed by atoms with van der Waals surface area (Å²) >= 11 is 0. The lowest BCUT2D eigenvalue weighted by atomic mass is 9.73. The molecule has 0 radical (unpaired) electrons. The third kappa shape index (κ3) is 3.02. The summed E-state index contributed by atoms with van der Waals surface area (Å²) in [6.07, 6.45) is 0.654. The molecular formula is C19H19FN2O2. The molecule has 3 rings (SSSR count). The van der Waals surface area contributed by atoms with E-state index in [-0.39, 0.29) is 30.5 Å². The molecule has 0 saturated carbocycles. The van der Waals surface area contributed by atoms with E-state index in [1.807, 2.05) is 37.3 Å². The second-order valence-corrected chi connectivity index (χ2v) is 6.16. The van der Waals surface area contributed by atoms with Crippen molar-refractivity contribution >= 4 is 17.5 Å². The van der Waals surface area contributed by atoms with E-state index in [1.54, 1.807) is 12.1 Å². The average Bonchev–Trinajstić information content (AvgIpc) is 2.60. The summed E-state index contributed by atoms with van der Waals surface area (Å²) < 4.78 is 14.0. The van der Waals surface area contributed by atoms with Gasteiger partial charge in [-0.05, 0) is 36.6 Å². The molecule has 1 aliphatic heterocycles. The lowest BCUT2D eigenvalue weighted by molar-refractivity contribution is -0.127. The Morgan fingerprint density at radius 1 is 1.21 bits per heavy atom. The number of piperidine rings is 1. The quantitative estimate of drug-likeness (QED) is 0.911. The molecule has 1 heterocycles. The van der Waals surface area contributed by atoms with Crippen molar-refractivity contribution in [3.63, 3.8) is 0 Å². The Hall–Kier alpha value is -2.69. The van der Waals surface area contributed by atoms with Crippen LogP contribution in [-0.2, 0) is 15.0 Å². The van der Waals surface area contributed by atoms with Gasteiger partial charge in [-0.1, -0.05) is 36.4 Å². The maximum Gasteiger partial charge on any atom is 0.236 e. The van der Waals surface area contributed by atoms with Crippen molar-refractivity contribution in [2.24, 2.45) is 0 Å². The van der Waals surface area contributed by atoms with Crippen LogP contribution in [0.15, 0.2) is 48.5 Å². The van der Waals surface area contributed by atoms with Gasteiger partial charge in [0.15, 0.2) is 0 Å². The number of benzene rings is 2. The molecule has 5 heteroatoms. The van der Waals surface area contributed by atoms with Gasteiger partial charge in [-0.25, -0.2) is 4.39 Å². The number of aryl methyl sites for hydroxylation is 1. The van der Waals surface area contributed by atoms with Crippen molar-refractivity contribution in [1.82, 2.24) is 5.32 Å². The third-order valence-electron chi connectivity index (χ3n) is 4.50. The number of carbonyl (C=O) groups excluding carboxylic acids is 2. The fourth-order valence-corrected chi connectivity index (χ4v) is 3.06. The van der Waals surface area contributed by atoms with Crippen molar-refractivity contribution in [1.29, 1.82) is 0 Å². The summed E-state index contributed by atoms with van der Waals surface area (Å²) in [6, 6.07) is 13.9. The topological polar surface area (TPSA) is 58.2 Å². The molecule has 1 saturated heterocycles. The molecule has 2 aromatic rings. The van der Waals surface area contributed by atoms with Crippen LogP contribution in [0.3, 0.4) is 0 Å². The average molecular weight is 326 g/mol.